The van der Waals surface area contributed by atoms with Crippen LogP contribution in [0.2, 0.25) is 0 Å². The van der Waals surface area contributed by atoms with Gasteiger partial charge in [0.15, 0.2) is 0 Å². The summed E-state index contributed by atoms with van der Waals surface area (Å²) in [6, 6.07) is 14.1. The van der Waals surface area contributed by atoms with Crippen LogP contribution in [-0.2, 0) is 24.2 Å². The highest BCUT2D eigenvalue weighted by molar-refractivity contribution is 5.49. The molecule has 2 nitrogen and oxygen atoms in total. The van der Waals surface area contributed by atoms with Crippen molar-refractivity contribution in [2.45, 2.75) is 89.0 Å². The molecule has 0 radical (unpaired) electrons. The Hall–Kier alpha value is -2.53. The van der Waals surface area contributed by atoms with Gasteiger partial charge in [0.05, 0.1) is 22.6 Å². The zero-order chi connectivity index (χ0) is 28.0. The highest BCUT2D eigenvalue weighted by Crippen LogP contribution is 2.53. The normalized spacial score (nSPS) is 17.1. The van der Waals surface area contributed by atoms with E-state index >= 15 is 0 Å². The smallest absolute Gasteiger partial charge is 0.300 e. The third-order valence-electron chi connectivity index (χ3n) is 8.02. The van der Waals surface area contributed by atoms with Crippen LogP contribution in [0.5, 0.6) is 0 Å². The molecule has 2 unspecified atom stereocenters. The molecule has 1 fully saturated rings. The van der Waals surface area contributed by atoms with Gasteiger partial charge in [-0.15, -0.1) is 0 Å². The lowest BCUT2D eigenvalue weighted by molar-refractivity contribution is -0.145. The standard InChI is InChI=1S/C30H36F6N2/c1-3-19-38(20-17-22-10-6-5-7-11-22)24(4-2)16-18-28(21-37,23-12-8-13-23)27-25(29(31,32)33)14-9-15-26(27)30(34,35)36/h5-7,9-11,14-15,23-24H,3-4,8,12-13,16-20H2,1-2H3. The molecular weight excluding hydrogens is 502 g/mol. The lowest BCUT2D eigenvalue weighted by atomic mass is 9.58. The van der Waals surface area contributed by atoms with Crippen LogP contribution in [0.4, 0.5) is 26.3 Å². The Balaban J connectivity index is 2.00. The zero-order valence-electron chi connectivity index (χ0n) is 22.0. The highest BCUT2D eigenvalue weighted by atomic mass is 19.4. The molecule has 38 heavy (non-hydrogen) atoms. The number of rotatable bonds is 12. The van der Waals surface area contributed by atoms with Gasteiger partial charge >= 0.3 is 12.4 Å². The fourth-order valence-corrected chi connectivity index (χ4v) is 5.86. The summed E-state index contributed by atoms with van der Waals surface area (Å²) in [6.45, 7) is 5.52. The van der Waals surface area contributed by atoms with Crippen LogP contribution in [0.3, 0.4) is 0 Å². The molecule has 0 saturated heterocycles. The Morgan fingerprint density at radius 2 is 1.50 bits per heavy atom. The first-order valence-corrected chi connectivity index (χ1v) is 13.4. The molecule has 208 valence electrons. The Morgan fingerprint density at radius 3 is 1.95 bits per heavy atom. The molecule has 3 rings (SSSR count). The second-order valence-corrected chi connectivity index (χ2v) is 10.3. The first-order valence-electron chi connectivity index (χ1n) is 13.4. The average Bonchev–Trinajstić information content (AvgIpc) is 2.84. The molecule has 0 aromatic heterocycles. The van der Waals surface area contributed by atoms with Crippen molar-refractivity contribution in [1.29, 1.82) is 5.26 Å². The molecule has 1 saturated carbocycles. The Labute approximate surface area is 221 Å². The van der Waals surface area contributed by atoms with E-state index in [2.05, 4.69) is 4.90 Å². The maximum atomic E-state index is 14.1. The van der Waals surface area contributed by atoms with Crippen molar-refractivity contribution in [2.75, 3.05) is 13.1 Å². The number of halogens is 6. The number of hydrogen-bond donors (Lipinski definition) is 0. The summed E-state index contributed by atoms with van der Waals surface area (Å²) in [7, 11) is 0. The average molecular weight is 539 g/mol. The van der Waals surface area contributed by atoms with E-state index < -0.39 is 40.4 Å². The second-order valence-electron chi connectivity index (χ2n) is 10.3. The van der Waals surface area contributed by atoms with E-state index in [1.807, 2.05) is 50.2 Å². The number of hydrogen-bond acceptors (Lipinski definition) is 2. The molecular formula is C30H36F6N2. The van der Waals surface area contributed by atoms with E-state index in [-0.39, 0.29) is 12.5 Å². The summed E-state index contributed by atoms with van der Waals surface area (Å²) < 4.78 is 84.8. The minimum atomic E-state index is -5.00. The molecule has 1 aliphatic carbocycles. The molecule has 0 heterocycles. The van der Waals surface area contributed by atoms with Crippen molar-refractivity contribution in [3.8, 4) is 6.07 Å². The topological polar surface area (TPSA) is 27.0 Å². The van der Waals surface area contributed by atoms with Crippen molar-refractivity contribution < 1.29 is 26.3 Å². The number of alkyl halides is 6. The molecule has 8 heteroatoms. The van der Waals surface area contributed by atoms with Crippen molar-refractivity contribution in [3.63, 3.8) is 0 Å². The minimum absolute atomic E-state index is 0.0472. The van der Waals surface area contributed by atoms with Crippen LogP contribution < -0.4 is 0 Å². The Bertz CT molecular complexity index is 1040. The Kier molecular flexibility index (Phi) is 9.91. The minimum Gasteiger partial charge on any atom is -0.300 e. The van der Waals surface area contributed by atoms with Crippen molar-refractivity contribution in [2.24, 2.45) is 5.92 Å². The van der Waals surface area contributed by atoms with E-state index in [4.69, 9.17) is 0 Å². The third-order valence-corrected chi connectivity index (χ3v) is 8.02. The predicted octanol–water partition coefficient (Wildman–Crippen LogP) is 8.80. The second kappa shape index (κ2) is 12.5. The molecule has 0 N–H and O–H groups in total. The summed E-state index contributed by atoms with van der Waals surface area (Å²) in [5.74, 6) is -0.543. The van der Waals surface area contributed by atoms with Crippen LogP contribution in [0, 0.1) is 17.2 Å². The maximum absolute atomic E-state index is 14.1. The fourth-order valence-electron chi connectivity index (χ4n) is 5.86. The predicted molar refractivity (Wildman–Crippen MR) is 136 cm³/mol. The summed E-state index contributed by atoms with van der Waals surface area (Å²) in [4.78, 5) is 2.27. The van der Waals surface area contributed by atoms with E-state index in [1.165, 1.54) is 5.56 Å². The van der Waals surface area contributed by atoms with Crippen molar-refractivity contribution in [1.82, 2.24) is 4.90 Å². The summed E-state index contributed by atoms with van der Waals surface area (Å²) >= 11 is 0. The van der Waals surface area contributed by atoms with Gasteiger partial charge < -0.3 is 4.90 Å². The zero-order valence-corrected chi connectivity index (χ0v) is 22.0. The molecule has 0 bridgehead atoms. The van der Waals surface area contributed by atoms with Crippen molar-refractivity contribution >= 4 is 0 Å². The monoisotopic (exact) mass is 538 g/mol. The summed E-state index contributed by atoms with van der Waals surface area (Å²) in [6.07, 6.45) is -5.78. The SMILES string of the molecule is CCCN(CCc1ccccc1)C(CC)CCC(C#N)(c1c(C(F)(F)F)cccc1C(F)(F)F)C1CCC1. The van der Waals surface area contributed by atoms with Gasteiger partial charge in [0.25, 0.3) is 0 Å². The molecule has 1 aliphatic rings. The molecule has 2 aromatic carbocycles. The van der Waals surface area contributed by atoms with Crippen LogP contribution in [-0.4, -0.2) is 24.0 Å². The highest BCUT2D eigenvalue weighted by Gasteiger charge is 2.52. The van der Waals surface area contributed by atoms with Gasteiger partial charge in [0, 0.05) is 12.6 Å². The lowest BCUT2D eigenvalue weighted by Crippen LogP contribution is -2.44. The van der Waals surface area contributed by atoms with E-state index in [0.717, 1.165) is 32.0 Å². The molecule has 0 spiro atoms. The summed E-state index contributed by atoms with van der Waals surface area (Å²) in [5, 5.41) is 10.4. The first-order chi connectivity index (χ1) is 18.0. The van der Waals surface area contributed by atoms with Crippen LogP contribution >= 0.6 is 0 Å². The first kappa shape index (κ1) is 30.0. The van der Waals surface area contributed by atoms with Gasteiger partial charge in [0.2, 0.25) is 0 Å². The van der Waals surface area contributed by atoms with Crippen LogP contribution in [0.1, 0.15) is 81.0 Å². The third kappa shape index (κ3) is 6.72. The molecule has 0 aliphatic heterocycles. The fraction of sp³-hybridized carbons (Fsp3) is 0.567. The quantitative estimate of drug-likeness (QED) is 0.253. The van der Waals surface area contributed by atoms with Crippen LogP contribution in [0.25, 0.3) is 0 Å². The van der Waals surface area contributed by atoms with Gasteiger partial charge in [-0.25, -0.2) is 0 Å². The number of nitriles is 1. The van der Waals surface area contributed by atoms with Gasteiger partial charge in [-0.3, -0.25) is 0 Å². The summed E-state index contributed by atoms with van der Waals surface area (Å²) in [5.41, 5.74) is -4.27. The Morgan fingerprint density at radius 1 is 0.895 bits per heavy atom. The lowest BCUT2D eigenvalue weighted by Gasteiger charge is -2.44. The van der Waals surface area contributed by atoms with Gasteiger partial charge in [0.1, 0.15) is 0 Å². The number of nitrogens with zero attached hydrogens (tertiary/aromatic N) is 2. The largest absolute Gasteiger partial charge is 0.416 e. The number of benzene rings is 2. The van der Waals surface area contributed by atoms with E-state index in [1.54, 1.807) is 0 Å². The van der Waals surface area contributed by atoms with E-state index in [0.29, 0.717) is 44.2 Å². The van der Waals surface area contributed by atoms with Crippen LogP contribution in [0.15, 0.2) is 48.5 Å². The van der Waals surface area contributed by atoms with Gasteiger partial charge in [-0.2, -0.15) is 31.6 Å². The van der Waals surface area contributed by atoms with Gasteiger partial charge in [-0.05, 0) is 80.7 Å². The molecule has 0 amide bonds. The molecule has 2 atom stereocenters. The van der Waals surface area contributed by atoms with Gasteiger partial charge in [-0.1, -0.05) is 56.7 Å². The van der Waals surface area contributed by atoms with Crippen molar-refractivity contribution in [3.05, 3.63) is 70.8 Å². The van der Waals surface area contributed by atoms with E-state index in [9.17, 15) is 31.6 Å². The maximum Gasteiger partial charge on any atom is 0.416 e. The molecule has 2 aromatic rings.